The molecule has 0 saturated heterocycles. The zero-order valence-corrected chi connectivity index (χ0v) is 27.2. The molecule has 10 nitrogen and oxygen atoms in total. The van der Waals surface area contributed by atoms with Gasteiger partial charge in [0.2, 0.25) is 17.7 Å². The number of carboxylic acid groups (broad SMARTS) is 1. The van der Waals surface area contributed by atoms with Gasteiger partial charge in [0.25, 0.3) is 0 Å². The Morgan fingerprint density at radius 3 is 2.14 bits per heavy atom. The van der Waals surface area contributed by atoms with E-state index < -0.39 is 47.9 Å². The molecule has 43 heavy (non-hydrogen) atoms. The summed E-state index contributed by atoms with van der Waals surface area (Å²) in [5.74, 6) is -3.65. The van der Waals surface area contributed by atoms with Gasteiger partial charge in [-0.25, -0.2) is 4.79 Å². The van der Waals surface area contributed by atoms with Crippen LogP contribution >= 0.6 is 0 Å². The number of carbonyl (C=O) groups is 4. The van der Waals surface area contributed by atoms with E-state index in [-0.39, 0.29) is 31.0 Å². The molecular weight excluding hydrogens is 550 g/mol. The highest BCUT2D eigenvalue weighted by molar-refractivity contribution is 5.93. The number of amides is 3. The molecule has 1 aromatic carbocycles. The van der Waals surface area contributed by atoms with Crippen molar-refractivity contribution in [1.29, 1.82) is 0 Å². The van der Waals surface area contributed by atoms with Crippen LogP contribution in [0.5, 0.6) is 0 Å². The van der Waals surface area contributed by atoms with Crippen molar-refractivity contribution in [3.8, 4) is 0 Å². The van der Waals surface area contributed by atoms with Crippen LogP contribution in [-0.2, 0) is 30.5 Å². The van der Waals surface area contributed by atoms with Crippen molar-refractivity contribution in [1.82, 2.24) is 15.5 Å². The second-order valence-corrected chi connectivity index (χ2v) is 12.1. The van der Waals surface area contributed by atoms with Crippen molar-refractivity contribution in [2.45, 2.75) is 117 Å². The predicted octanol–water partition coefficient (Wildman–Crippen LogP) is 4.14. The van der Waals surface area contributed by atoms with Crippen LogP contribution in [0.15, 0.2) is 30.3 Å². The monoisotopic (exact) mass is 605 g/mol. The topological polar surface area (TPSA) is 145 Å². The van der Waals surface area contributed by atoms with Gasteiger partial charge < -0.3 is 30.5 Å². The first-order valence-electron chi connectivity index (χ1n) is 15.7. The van der Waals surface area contributed by atoms with Crippen LogP contribution < -0.4 is 10.6 Å². The quantitative estimate of drug-likeness (QED) is 0.154. The third-order valence-corrected chi connectivity index (χ3v) is 7.94. The third kappa shape index (κ3) is 13.5. The fourth-order valence-corrected chi connectivity index (χ4v) is 4.81. The standard InChI is InChI=1S/C33H55N3O7/c1-8-10-11-15-18-28(37)24(6)32(40)36(7)27(19-22(3)4)30(38)35-29(23(5)9-2)31(39)34-26(33(41)42)21-43-20-25-16-13-12-14-17-25/h12-14,16-17,22-24,26-29,37H,8-11,15,18-21H2,1-7H3,(H,34,39)(H,35,38)(H,41,42)/t23-,24-,26+,27+,28-,29+/m1/s1. The van der Waals surface area contributed by atoms with Crippen molar-refractivity contribution < 1.29 is 34.1 Å². The molecule has 1 rings (SSSR count). The molecule has 0 aromatic heterocycles. The molecule has 0 radical (unpaired) electrons. The van der Waals surface area contributed by atoms with Crippen LogP contribution in [-0.4, -0.2) is 76.7 Å². The van der Waals surface area contributed by atoms with Crippen molar-refractivity contribution in [3.05, 3.63) is 35.9 Å². The number of unbranched alkanes of at least 4 members (excludes halogenated alkanes) is 3. The predicted molar refractivity (Wildman–Crippen MR) is 167 cm³/mol. The van der Waals surface area contributed by atoms with E-state index in [0.717, 1.165) is 31.2 Å². The molecule has 0 aliphatic heterocycles. The number of hydrogen-bond donors (Lipinski definition) is 4. The lowest BCUT2D eigenvalue weighted by Gasteiger charge is -2.34. The van der Waals surface area contributed by atoms with Gasteiger partial charge in [-0.1, -0.05) is 104 Å². The molecule has 6 atom stereocenters. The summed E-state index contributed by atoms with van der Waals surface area (Å²) in [5, 5.41) is 25.7. The van der Waals surface area contributed by atoms with E-state index >= 15 is 0 Å². The second-order valence-electron chi connectivity index (χ2n) is 12.1. The van der Waals surface area contributed by atoms with Crippen molar-refractivity contribution >= 4 is 23.7 Å². The normalized spacial score (nSPS) is 15.6. The van der Waals surface area contributed by atoms with Gasteiger partial charge in [-0.05, 0) is 30.2 Å². The molecule has 0 bridgehead atoms. The first-order chi connectivity index (χ1) is 20.3. The third-order valence-electron chi connectivity index (χ3n) is 7.94. The summed E-state index contributed by atoms with van der Waals surface area (Å²) in [6, 6.07) is 6.08. The maximum absolute atomic E-state index is 13.7. The molecule has 1 aromatic rings. The zero-order valence-electron chi connectivity index (χ0n) is 27.2. The number of carboxylic acids is 1. The Balaban J connectivity index is 2.99. The molecule has 3 amide bonds. The number of likely N-dealkylation sites (N-methyl/N-ethyl adjacent to an activating group) is 1. The second kappa shape index (κ2) is 20.1. The van der Waals surface area contributed by atoms with E-state index in [1.54, 1.807) is 20.9 Å². The highest BCUT2D eigenvalue weighted by Crippen LogP contribution is 2.19. The van der Waals surface area contributed by atoms with Crippen LogP contribution in [0.4, 0.5) is 0 Å². The van der Waals surface area contributed by atoms with Crippen molar-refractivity contribution in [3.63, 3.8) is 0 Å². The molecular formula is C33H55N3O7. The molecule has 0 aliphatic carbocycles. The Morgan fingerprint density at radius 1 is 0.930 bits per heavy atom. The number of aliphatic hydroxyl groups excluding tert-OH is 1. The average molecular weight is 606 g/mol. The Kier molecular flexibility index (Phi) is 17.8. The van der Waals surface area contributed by atoms with Gasteiger partial charge in [-0.15, -0.1) is 0 Å². The Labute approximate surface area is 257 Å². The summed E-state index contributed by atoms with van der Waals surface area (Å²) < 4.78 is 5.56. The Bertz CT molecular complexity index is 988. The fourth-order valence-electron chi connectivity index (χ4n) is 4.81. The van der Waals surface area contributed by atoms with Gasteiger partial charge in [-0.3, -0.25) is 14.4 Å². The minimum absolute atomic E-state index is 0.0642. The van der Waals surface area contributed by atoms with Gasteiger partial charge in [0.15, 0.2) is 6.04 Å². The van der Waals surface area contributed by atoms with Gasteiger partial charge >= 0.3 is 5.97 Å². The first kappa shape index (κ1) is 38.0. The number of rotatable bonds is 21. The van der Waals surface area contributed by atoms with Gasteiger partial charge in [0, 0.05) is 7.05 Å². The number of benzene rings is 1. The van der Waals surface area contributed by atoms with E-state index in [1.807, 2.05) is 51.1 Å². The summed E-state index contributed by atoms with van der Waals surface area (Å²) in [6.45, 7) is 11.3. The fraction of sp³-hybridized carbons (Fsp3) is 0.697. The van der Waals surface area contributed by atoms with E-state index in [9.17, 15) is 29.4 Å². The lowest BCUT2D eigenvalue weighted by atomic mass is 9.94. The Morgan fingerprint density at radius 2 is 1.58 bits per heavy atom. The average Bonchev–Trinajstić information content (AvgIpc) is 2.98. The van der Waals surface area contributed by atoms with Gasteiger partial charge in [0.1, 0.15) is 12.1 Å². The molecule has 244 valence electrons. The first-order valence-corrected chi connectivity index (χ1v) is 15.7. The number of nitrogens with zero attached hydrogens (tertiary/aromatic N) is 1. The lowest BCUT2D eigenvalue weighted by Crippen LogP contribution is -2.59. The summed E-state index contributed by atoms with van der Waals surface area (Å²) in [5.41, 5.74) is 0.871. The van der Waals surface area contributed by atoms with Crippen molar-refractivity contribution in [2.24, 2.45) is 17.8 Å². The number of carbonyl (C=O) groups excluding carboxylic acids is 3. The van der Waals surface area contributed by atoms with Crippen LogP contribution in [0.2, 0.25) is 0 Å². The Hall–Kier alpha value is -2.98. The number of aliphatic carboxylic acids is 1. The van der Waals surface area contributed by atoms with E-state index in [4.69, 9.17) is 4.74 Å². The van der Waals surface area contributed by atoms with E-state index in [0.29, 0.717) is 19.3 Å². The molecule has 0 spiro atoms. The highest BCUT2D eigenvalue weighted by atomic mass is 16.5. The van der Waals surface area contributed by atoms with Crippen LogP contribution in [0.1, 0.15) is 92.1 Å². The largest absolute Gasteiger partial charge is 0.480 e. The zero-order chi connectivity index (χ0) is 32.5. The van der Waals surface area contributed by atoms with E-state index in [1.165, 1.54) is 4.90 Å². The number of hydrogen-bond acceptors (Lipinski definition) is 6. The molecule has 0 fully saturated rings. The van der Waals surface area contributed by atoms with Crippen LogP contribution in [0.25, 0.3) is 0 Å². The SMILES string of the molecule is CCCCCC[C@@H](O)[C@@H](C)C(=O)N(C)[C@@H](CC(C)C)C(=O)N[C@H](C(=O)N[C@@H](COCc1ccccc1)C(=O)O)[C@H](C)CC. The minimum Gasteiger partial charge on any atom is -0.480 e. The maximum Gasteiger partial charge on any atom is 0.328 e. The summed E-state index contributed by atoms with van der Waals surface area (Å²) in [4.78, 5) is 53.7. The molecule has 10 heteroatoms. The van der Waals surface area contributed by atoms with Crippen molar-refractivity contribution in [2.75, 3.05) is 13.7 Å². The molecule has 0 heterocycles. The number of ether oxygens (including phenoxy) is 1. The van der Waals surface area contributed by atoms with E-state index in [2.05, 4.69) is 17.6 Å². The maximum atomic E-state index is 13.7. The smallest absolute Gasteiger partial charge is 0.328 e. The van der Waals surface area contributed by atoms with Gasteiger partial charge in [0.05, 0.1) is 25.2 Å². The number of nitrogens with one attached hydrogen (secondary N) is 2. The summed E-state index contributed by atoms with van der Waals surface area (Å²) in [6.07, 6.45) is 4.57. The molecule has 0 aliphatic rings. The molecule has 0 saturated carbocycles. The minimum atomic E-state index is -1.31. The highest BCUT2D eigenvalue weighted by Gasteiger charge is 2.36. The lowest BCUT2D eigenvalue weighted by molar-refractivity contribution is -0.147. The summed E-state index contributed by atoms with van der Waals surface area (Å²) in [7, 11) is 1.55. The molecule has 0 unspecified atom stereocenters. The number of aliphatic hydroxyl groups is 1. The molecule has 4 N–H and O–H groups in total. The van der Waals surface area contributed by atoms with Crippen LogP contribution in [0, 0.1) is 17.8 Å². The summed E-state index contributed by atoms with van der Waals surface area (Å²) >= 11 is 0. The van der Waals surface area contributed by atoms with Gasteiger partial charge in [-0.2, -0.15) is 0 Å². The van der Waals surface area contributed by atoms with Crippen LogP contribution in [0.3, 0.4) is 0 Å².